The molecule has 0 spiro atoms. The predicted octanol–water partition coefficient (Wildman–Crippen LogP) is 0.341. The van der Waals surface area contributed by atoms with Crippen molar-refractivity contribution < 1.29 is 28.2 Å². The van der Waals surface area contributed by atoms with E-state index >= 15 is 0 Å². The smallest absolute Gasteiger partial charge is 0.338 e. The maximum absolute atomic E-state index is 13.7. The second-order valence-corrected chi connectivity index (χ2v) is 3.35. The minimum Gasteiger partial charge on any atom is -0.539 e. The van der Waals surface area contributed by atoms with Crippen molar-refractivity contribution in [2.24, 2.45) is 0 Å². The molecular weight excluding hydrogens is 243 g/mol. The molecule has 6 nitrogen and oxygen atoms in total. The Bertz CT molecular complexity index is 582. The molecule has 7 heteroatoms. The Morgan fingerprint density at radius 2 is 2.39 bits per heavy atom. The van der Waals surface area contributed by atoms with Crippen molar-refractivity contribution >= 4 is 5.97 Å². The summed E-state index contributed by atoms with van der Waals surface area (Å²) in [6.07, 6.45) is 0.989. The Balaban J connectivity index is 2.33. The number of carbonyl (C=O) groups excluding carboxylic acids is 1. The molecule has 0 saturated carbocycles. The molecule has 2 aromatic rings. The van der Waals surface area contributed by atoms with Gasteiger partial charge in [0.1, 0.15) is 5.95 Å². The average molecular weight is 252 g/mol. The van der Waals surface area contributed by atoms with Crippen LogP contribution < -0.4 is 9.79 Å². The lowest BCUT2D eigenvalue weighted by molar-refractivity contribution is -0.672. The number of esters is 1. The Morgan fingerprint density at radius 3 is 2.94 bits per heavy atom. The van der Waals surface area contributed by atoms with Gasteiger partial charge in [0.25, 0.3) is 5.69 Å². The first-order valence-corrected chi connectivity index (χ1v) is 5.14. The van der Waals surface area contributed by atoms with E-state index in [4.69, 9.17) is 4.74 Å². The molecule has 0 atom stereocenters. The second kappa shape index (κ2) is 4.82. The van der Waals surface area contributed by atoms with Crippen LogP contribution in [0.5, 0.6) is 5.95 Å². The third-order valence-corrected chi connectivity index (χ3v) is 2.15. The highest BCUT2D eigenvalue weighted by Crippen LogP contribution is 2.12. The molecule has 0 aliphatic heterocycles. The third kappa shape index (κ3) is 2.29. The summed E-state index contributed by atoms with van der Waals surface area (Å²) in [5, 5.41) is 14.1. The lowest BCUT2D eigenvalue weighted by Gasteiger charge is -2.01. The van der Waals surface area contributed by atoms with Crippen LogP contribution in [0.2, 0.25) is 0 Å². The Labute approximate surface area is 101 Å². The molecule has 0 bridgehead atoms. The van der Waals surface area contributed by atoms with Crippen molar-refractivity contribution in [2.45, 2.75) is 6.92 Å². The maximum atomic E-state index is 13.7. The van der Waals surface area contributed by atoms with Gasteiger partial charge in [0, 0.05) is 6.07 Å². The molecule has 1 heterocycles. The largest absolute Gasteiger partial charge is 0.539 e. The number of rotatable bonds is 3. The van der Waals surface area contributed by atoms with Gasteiger partial charge in [-0.2, -0.15) is 4.39 Å². The van der Waals surface area contributed by atoms with Gasteiger partial charge in [-0.05, 0) is 23.7 Å². The molecule has 0 saturated heterocycles. The summed E-state index contributed by atoms with van der Waals surface area (Å²) in [4.78, 5) is 11.4. The Morgan fingerprint density at radius 1 is 1.61 bits per heavy atom. The van der Waals surface area contributed by atoms with Gasteiger partial charge in [-0.25, -0.2) is 4.79 Å². The molecular formula is C11H9FN2O4. The summed E-state index contributed by atoms with van der Waals surface area (Å²) < 4.78 is 23.7. The highest BCUT2D eigenvalue weighted by molar-refractivity contribution is 5.89. The fraction of sp³-hybridized carbons (Fsp3) is 0.182. The molecule has 1 aromatic heterocycles. The quantitative estimate of drug-likeness (QED) is 0.581. The van der Waals surface area contributed by atoms with E-state index in [1.165, 1.54) is 12.1 Å². The van der Waals surface area contributed by atoms with Gasteiger partial charge in [0.15, 0.2) is 5.82 Å². The molecule has 0 N–H and O–H groups in total. The zero-order valence-corrected chi connectivity index (χ0v) is 9.42. The van der Waals surface area contributed by atoms with Crippen LogP contribution in [0.4, 0.5) is 4.39 Å². The Hall–Kier alpha value is -2.44. The zero-order chi connectivity index (χ0) is 13.1. The van der Waals surface area contributed by atoms with Crippen molar-refractivity contribution in [3.05, 3.63) is 35.8 Å². The summed E-state index contributed by atoms with van der Waals surface area (Å²) in [7, 11) is 0. The third-order valence-electron chi connectivity index (χ3n) is 2.15. The first-order chi connectivity index (χ1) is 8.61. The van der Waals surface area contributed by atoms with Crippen molar-refractivity contribution in [2.75, 3.05) is 6.61 Å². The van der Waals surface area contributed by atoms with Gasteiger partial charge < -0.3 is 14.4 Å². The molecule has 0 aliphatic rings. The van der Waals surface area contributed by atoms with Crippen molar-refractivity contribution in [3.63, 3.8) is 0 Å². The first kappa shape index (κ1) is 12.0. The van der Waals surface area contributed by atoms with Crippen LogP contribution in [-0.2, 0) is 4.74 Å². The van der Waals surface area contributed by atoms with Crippen LogP contribution >= 0.6 is 0 Å². The van der Waals surface area contributed by atoms with E-state index in [0.29, 0.717) is 0 Å². The highest BCUT2D eigenvalue weighted by atomic mass is 19.1. The fourth-order valence-electron chi connectivity index (χ4n) is 1.38. The van der Waals surface area contributed by atoms with E-state index in [2.05, 4.69) is 9.79 Å². The summed E-state index contributed by atoms with van der Waals surface area (Å²) >= 11 is 0. The molecule has 0 unspecified atom stereocenters. The van der Waals surface area contributed by atoms with E-state index in [1.54, 1.807) is 6.92 Å². The van der Waals surface area contributed by atoms with E-state index < -0.39 is 17.7 Å². The van der Waals surface area contributed by atoms with Crippen molar-refractivity contribution in [1.82, 2.24) is 5.27 Å². The van der Waals surface area contributed by atoms with Gasteiger partial charge in [0.05, 0.1) is 17.4 Å². The number of carbonyl (C=O) groups is 1. The van der Waals surface area contributed by atoms with Gasteiger partial charge in [-0.1, -0.05) is 0 Å². The number of benzene rings is 1. The molecule has 2 rings (SSSR count). The first-order valence-electron chi connectivity index (χ1n) is 5.14. The monoisotopic (exact) mass is 252 g/mol. The molecule has 1 aromatic carbocycles. The van der Waals surface area contributed by atoms with Crippen molar-refractivity contribution in [1.29, 1.82) is 0 Å². The van der Waals surface area contributed by atoms with Crippen LogP contribution in [0, 0.1) is 5.82 Å². The number of aromatic nitrogens is 2. The second-order valence-electron chi connectivity index (χ2n) is 3.35. The number of hydrogen-bond acceptors (Lipinski definition) is 5. The number of halogens is 1. The normalized spacial score (nSPS) is 10.3. The van der Waals surface area contributed by atoms with Crippen LogP contribution in [0.3, 0.4) is 0 Å². The molecule has 18 heavy (non-hydrogen) atoms. The lowest BCUT2D eigenvalue weighted by Crippen LogP contribution is -2.32. The summed E-state index contributed by atoms with van der Waals surface area (Å²) in [6.45, 7) is 1.86. The van der Waals surface area contributed by atoms with Crippen LogP contribution in [0.1, 0.15) is 17.3 Å². The van der Waals surface area contributed by atoms with E-state index in [0.717, 1.165) is 16.9 Å². The van der Waals surface area contributed by atoms with Gasteiger partial charge in [-0.3, -0.25) is 0 Å². The summed E-state index contributed by atoms with van der Waals surface area (Å²) in [5.74, 6) is -2.01. The standard InChI is InChI=1S/C11H9FN2O4/c1-2-17-11(16)7-3-4-9(8(12)5-7)14-6-10(15)18-13-14/h3-6H,2H2,1H3. The van der Waals surface area contributed by atoms with E-state index in [9.17, 15) is 14.3 Å². The molecule has 94 valence electrons. The molecule has 0 amide bonds. The highest BCUT2D eigenvalue weighted by Gasteiger charge is 2.18. The predicted molar refractivity (Wildman–Crippen MR) is 53.4 cm³/mol. The Kier molecular flexibility index (Phi) is 3.22. The lowest BCUT2D eigenvalue weighted by atomic mass is 10.2. The zero-order valence-electron chi connectivity index (χ0n) is 9.42. The maximum Gasteiger partial charge on any atom is 0.338 e. The van der Waals surface area contributed by atoms with E-state index in [-0.39, 0.29) is 17.9 Å². The minimum absolute atomic E-state index is 0.00824. The van der Waals surface area contributed by atoms with Gasteiger partial charge in [0.2, 0.25) is 6.20 Å². The molecule has 0 radical (unpaired) electrons. The van der Waals surface area contributed by atoms with Crippen LogP contribution in [0.25, 0.3) is 5.69 Å². The van der Waals surface area contributed by atoms with Crippen LogP contribution in [0.15, 0.2) is 28.9 Å². The summed E-state index contributed by atoms with van der Waals surface area (Å²) in [5.41, 5.74) is 0.0958. The van der Waals surface area contributed by atoms with Crippen LogP contribution in [-0.4, -0.2) is 17.8 Å². The molecule has 0 fully saturated rings. The van der Waals surface area contributed by atoms with Gasteiger partial charge in [-0.15, -0.1) is 0 Å². The van der Waals surface area contributed by atoms with Crippen molar-refractivity contribution in [3.8, 4) is 11.6 Å². The van der Waals surface area contributed by atoms with E-state index in [1.807, 2.05) is 0 Å². The minimum atomic E-state index is -0.709. The average Bonchev–Trinajstić information content (AvgIpc) is 2.76. The summed E-state index contributed by atoms with van der Waals surface area (Å²) in [6, 6.07) is 3.70. The number of ether oxygens (including phenoxy) is 1. The number of hydrogen-bond donors (Lipinski definition) is 0. The topological polar surface area (TPSA) is 79.3 Å². The number of nitrogens with zero attached hydrogens (tertiary/aromatic N) is 2. The van der Waals surface area contributed by atoms with Gasteiger partial charge >= 0.3 is 5.97 Å². The SMILES string of the molecule is CCOC(=O)c1ccc(-[n+]2cc([O-])on2)c(F)c1. The molecule has 0 aliphatic carbocycles. The fourth-order valence-corrected chi connectivity index (χ4v) is 1.38.